The summed E-state index contributed by atoms with van der Waals surface area (Å²) in [6.07, 6.45) is 6.23. The summed E-state index contributed by atoms with van der Waals surface area (Å²) in [5.41, 5.74) is 2.29. The number of aromatic nitrogens is 4. The van der Waals surface area contributed by atoms with E-state index in [1.807, 2.05) is 12.1 Å². The minimum atomic E-state index is -0.470. The second-order valence-corrected chi connectivity index (χ2v) is 9.01. The first kappa shape index (κ1) is 25.7. The fourth-order valence-electron chi connectivity index (χ4n) is 4.32. The van der Waals surface area contributed by atoms with E-state index in [4.69, 9.17) is 18.9 Å². The van der Waals surface area contributed by atoms with E-state index in [2.05, 4.69) is 32.1 Å². The number of fused-ring (bicyclic) bond motifs is 2. The van der Waals surface area contributed by atoms with E-state index in [0.29, 0.717) is 32.1 Å². The Hall–Kier alpha value is -3.99. The molecule has 4 heterocycles. The third-order valence-electron chi connectivity index (χ3n) is 6.30. The van der Waals surface area contributed by atoms with Gasteiger partial charge in [0.1, 0.15) is 31.1 Å². The largest absolute Gasteiger partial charge is 0.486 e. The minimum absolute atomic E-state index is 0.0268. The number of hydrogen-bond donors (Lipinski definition) is 2. The molecule has 0 saturated carbocycles. The number of nitrogens with zero attached hydrogens (tertiary/aromatic N) is 4. The first-order chi connectivity index (χ1) is 18.6. The van der Waals surface area contributed by atoms with Crippen LogP contribution in [0, 0.1) is 5.82 Å². The number of oxazole rings is 1. The molecule has 0 saturated heterocycles. The van der Waals surface area contributed by atoms with Crippen molar-refractivity contribution >= 4 is 16.9 Å². The van der Waals surface area contributed by atoms with Crippen LogP contribution in [0.15, 0.2) is 41.1 Å². The van der Waals surface area contributed by atoms with Crippen LogP contribution in [-0.2, 0) is 25.9 Å². The molecule has 1 amide bonds. The number of aryl methyl sites for hydroxylation is 1. The lowest BCUT2D eigenvalue weighted by Gasteiger charge is -2.18. The number of benzene rings is 1. The van der Waals surface area contributed by atoms with Crippen LogP contribution >= 0.6 is 0 Å². The first-order valence-corrected chi connectivity index (χ1v) is 12.9. The van der Waals surface area contributed by atoms with Crippen LogP contribution in [-0.4, -0.2) is 51.7 Å². The maximum absolute atomic E-state index is 13.7. The van der Waals surface area contributed by atoms with Crippen LogP contribution in [0.5, 0.6) is 11.5 Å². The van der Waals surface area contributed by atoms with Crippen LogP contribution in [0.4, 0.5) is 4.39 Å². The SMILES string of the molecule is CCCCn1c(CCNCCc2nc(C(=O)NCc3ncccc3F)co2)nc2cc3c(cc21)OCCO3. The summed E-state index contributed by atoms with van der Waals surface area (Å²) < 4.78 is 32.9. The van der Waals surface area contributed by atoms with Gasteiger partial charge >= 0.3 is 0 Å². The fraction of sp³-hybridized carbons (Fsp3) is 0.407. The average molecular weight is 523 g/mol. The number of halogens is 1. The summed E-state index contributed by atoms with van der Waals surface area (Å²) in [5.74, 6) is 2.07. The molecule has 2 N–H and O–H groups in total. The van der Waals surface area contributed by atoms with Crippen LogP contribution in [0.3, 0.4) is 0 Å². The van der Waals surface area contributed by atoms with Crippen LogP contribution in [0.1, 0.15) is 47.7 Å². The van der Waals surface area contributed by atoms with Gasteiger partial charge in [0.05, 0.1) is 23.3 Å². The normalized spacial score (nSPS) is 12.7. The zero-order valence-electron chi connectivity index (χ0n) is 21.3. The molecule has 4 aromatic rings. The van der Waals surface area contributed by atoms with Gasteiger partial charge in [-0.3, -0.25) is 9.78 Å². The lowest BCUT2D eigenvalue weighted by molar-refractivity contribution is 0.0945. The molecule has 10 nitrogen and oxygen atoms in total. The van der Waals surface area contributed by atoms with E-state index in [1.54, 1.807) is 0 Å². The van der Waals surface area contributed by atoms with Crippen LogP contribution in [0.25, 0.3) is 11.0 Å². The molecular weight excluding hydrogens is 491 g/mol. The second-order valence-electron chi connectivity index (χ2n) is 9.01. The minimum Gasteiger partial charge on any atom is -0.486 e. The maximum Gasteiger partial charge on any atom is 0.273 e. The quantitative estimate of drug-likeness (QED) is 0.272. The number of carbonyl (C=O) groups is 1. The van der Waals surface area contributed by atoms with Crippen molar-refractivity contribution in [2.75, 3.05) is 26.3 Å². The van der Waals surface area contributed by atoms with Gasteiger partial charge in [-0.05, 0) is 18.6 Å². The molecule has 11 heteroatoms. The summed E-state index contributed by atoms with van der Waals surface area (Å²) in [6.45, 7) is 5.51. The van der Waals surface area contributed by atoms with Crippen molar-refractivity contribution in [1.29, 1.82) is 0 Å². The van der Waals surface area contributed by atoms with Gasteiger partial charge in [-0.25, -0.2) is 14.4 Å². The van der Waals surface area contributed by atoms with Gasteiger partial charge in [-0.1, -0.05) is 13.3 Å². The van der Waals surface area contributed by atoms with Gasteiger partial charge in [0.2, 0.25) is 0 Å². The first-order valence-electron chi connectivity index (χ1n) is 12.9. The Labute approximate surface area is 219 Å². The zero-order valence-corrected chi connectivity index (χ0v) is 21.3. The zero-order chi connectivity index (χ0) is 26.3. The Morgan fingerprint density at radius 2 is 1.95 bits per heavy atom. The van der Waals surface area contributed by atoms with Crippen molar-refractivity contribution in [2.45, 2.75) is 45.7 Å². The summed E-state index contributed by atoms with van der Waals surface area (Å²) in [6, 6.07) is 6.80. The second kappa shape index (κ2) is 12.0. The summed E-state index contributed by atoms with van der Waals surface area (Å²) in [7, 11) is 0. The number of ether oxygens (including phenoxy) is 2. The third-order valence-corrected chi connectivity index (χ3v) is 6.30. The topological polar surface area (TPSA) is 116 Å². The number of pyridine rings is 1. The molecule has 0 atom stereocenters. The Morgan fingerprint density at radius 3 is 2.76 bits per heavy atom. The lowest BCUT2D eigenvalue weighted by atomic mass is 10.2. The Morgan fingerprint density at radius 1 is 1.13 bits per heavy atom. The highest BCUT2D eigenvalue weighted by Gasteiger charge is 2.18. The molecule has 0 bridgehead atoms. The Kier molecular flexibility index (Phi) is 8.12. The molecule has 0 spiro atoms. The predicted molar refractivity (Wildman–Crippen MR) is 138 cm³/mol. The number of carbonyl (C=O) groups excluding carboxylic acids is 1. The monoisotopic (exact) mass is 522 g/mol. The van der Waals surface area contributed by atoms with Crippen molar-refractivity contribution in [2.24, 2.45) is 0 Å². The van der Waals surface area contributed by atoms with E-state index in [0.717, 1.165) is 60.7 Å². The Bertz CT molecular complexity index is 1400. The van der Waals surface area contributed by atoms with Crippen molar-refractivity contribution in [1.82, 2.24) is 30.2 Å². The van der Waals surface area contributed by atoms with E-state index >= 15 is 0 Å². The molecular formula is C27H31FN6O4. The molecule has 200 valence electrons. The average Bonchev–Trinajstić information content (AvgIpc) is 3.54. The van der Waals surface area contributed by atoms with Gasteiger partial charge in [-0.15, -0.1) is 0 Å². The van der Waals surface area contributed by atoms with Crippen molar-refractivity contribution < 1.29 is 23.1 Å². The van der Waals surface area contributed by atoms with Gasteiger partial charge in [0.15, 0.2) is 23.1 Å². The highest BCUT2D eigenvalue weighted by atomic mass is 19.1. The summed E-state index contributed by atoms with van der Waals surface area (Å²) >= 11 is 0. The molecule has 38 heavy (non-hydrogen) atoms. The number of rotatable bonds is 12. The number of hydrogen-bond acceptors (Lipinski definition) is 8. The Balaban J connectivity index is 1.12. The lowest BCUT2D eigenvalue weighted by Crippen LogP contribution is -2.24. The molecule has 1 aliphatic rings. The van der Waals surface area contributed by atoms with Crippen molar-refractivity contribution in [3.8, 4) is 11.5 Å². The molecule has 0 aliphatic carbocycles. The van der Waals surface area contributed by atoms with Gasteiger partial charge < -0.3 is 29.1 Å². The van der Waals surface area contributed by atoms with Crippen LogP contribution < -0.4 is 20.1 Å². The molecule has 0 radical (unpaired) electrons. The third kappa shape index (κ3) is 5.94. The molecule has 5 rings (SSSR count). The van der Waals surface area contributed by atoms with Gasteiger partial charge in [0, 0.05) is 50.8 Å². The number of imidazole rings is 1. The smallest absolute Gasteiger partial charge is 0.273 e. The highest BCUT2D eigenvalue weighted by molar-refractivity contribution is 5.91. The van der Waals surface area contributed by atoms with Crippen molar-refractivity contribution in [3.05, 3.63) is 65.6 Å². The molecule has 0 fully saturated rings. The molecule has 3 aromatic heterocycles. The van der Waals surface area contributed by atoms with Gasteiger partial charge in [-0.2, -0.15) is 0 Å². The molecule has 1 aliphatic heterocycles. The molecule has 0 unspecified atom stereocenters. The number of amides is 1. The van der Waals surface area contributed by atoms with Crippen molar-refractivity contribution in [3.63, 3.8) is 0 Å². The van der Waals surface area contributed by atoms with E-state index in [9.17, 15) is 9.18 Å². The predicted octanol–water partition coefficient (Wildman–Crippen LogP) is 3.43. The maximum atomic E-state index is 13.7. The molecule has 1 aromatic carbocycles. The van der Waals surface area contributed by atoms with Crippen LogP contribution in [0.2, 0.25) is 0 Å². The van der Waals surface area contributed by atoms with E-state index in [1.165, 1.54) is 24.6 Å². The standard InChI is InChI=1S/C27H31FN6O4/c1-2-3-11-34-22-15-24-23(36-12-13-37-24)14-19(22)32-25(34)6-9-29-10-7-26-33-21(17-38-26)27(35)31-16-20-18(28)5-4-8-30-20/h4-5,8,14-15,17,29H,2-3,6-7,9-13,16H2,1H3,(H,31,35). The van der Waals surface area contributed by atoms with E-state index in [-0.39, 0.29) is 17.9 Å². The number of unbranched alkanes of at least 4 members (excludes halogenated alkanes) is 1. The summed E-state index contributed by atoms with van der Waals surface area (Å²) in [5, 5.41) is 6.01. The highest BCUT2D eigenvalue weighted by Crippen LogP contribution is 2.35. The fourth-order valence-corrected chi connectivity index (χ4v) is 4.32. The van der Waals surface area contributed by atoms with E-state index < -0.39 is 11.7 Å². The number of nitrogens with one attached hydrogen (secondary N) is 2. The van der Waals surface area contributed by atoms with Gasteiger partial charge in [0.25, 0.3) is 5.91 Å². The summed E-state index contributed by atoms with van der Waals surface area (Å²) in [4.78, 5) is 25.4.